The topological polar surface area (TPSA) is 73.3 Å². The van der Waals surface area contributed by atoms with Crippen molar-refractivity contribution in [3.63, 3.8) is 0 Å². The Morgan fingerprint density at radius 1 is 1.65 bits per heavy atom. The number of carbonyl (C=O) groups is 1. The first-order chi connectivity index (χ1) is 7.64. The van der Waals surface area contributed by atoms with Crippen LogP contribution in [0.3, 0.4) is 0 Å². The van der Waals surface area contributed by atoms with Crippen LogP contribution in [0.15, 0.2) is 0 Å². The number of halogens is 3. The van der Waals surface area contributed by atoms with Crippen molar-refractivity contribution in [3.8, 4) is 0 Å². The fourth-order valence-corrected chi connectivity index (χ4v) is 2.63. The van der Waals surface area contributed by atoms with Gasteiger partial charge in [-0.25, -0.2) is 17.8 Å². The van der Waals surface area contributed by atoms with Gasteiger partial charge in [0.05, 0.1) is 24.9 Å². The van der Waals surface area contributed by atoms with Gasteiger partial charge >= 0.3 is 0 Å². The third-order valence-electron chi connectivity index (χ3n) is 2.43. The summed E-state index contributed by atoms with van der Waals surface area (Å²) in [4.78, 5) is 12.3. The maximum Gasteiger partial charge on any atom is 0.267 e. The summed E-state index contributed by atoms with van der Waals surface area (Å²) >= 11 is 0. The number of likely N-dealkylation sites (N-methyl/N-ethyl adjacent to an activating group) is 1. The Labute approximate surface area is 97.6 Å². The zero-order chi connectivity index (χ0) is 13.3. The lowest BCUT2D eigenvalue weighted by Crippen LogP contribution is -2.43. The molecule has 1 saturated heterocycles. The highest BCUT2D eigenvalue weighted by Crippen LogP contribution is 2.32. The van der Waals surface area contributed by atoms with Crippen LogP contribution < -0.4 is 5.32 Å². The van der Waals surface area contributed by atoms with Gasteiger partial charge in [-0.05, 0) is 7.05 Å². The molecular formula is C8H14F3N3O2S. The molecule has 1 amide bonds. The van der Waals surface area contributed by atoms with Crippen LogP contribution in [0.5, 0.6) is 0 Å². The van der Waals surface area contributed by atoms with E-state index in [9.17, 15) is 21.7 Å². The van der Waals surface area contributed by atoms with Crippen LogP contribution in [0, 0.1) is 4.78 Å². The summed E-state index contributed by atoms with van der Waals surface area (Å²) in [6, 6.07) is -1.18. The minimum atomic E-state index is -4.39. The molecule has 9 heteroatoms. The van der Waals surface area contributed by atoms with E-state index in [0.29, 0.717) is 0 Å². The van der Waals surface area contributed by atoms with E-state index in [-0.39, 0.29) is 6.54 Å². The molecule has 100 valence electrons. The Morgan fingerprint density at radius 2 is 2.24 bits per heavy atom. The molecule has 0 bridgehead atoms. The smallest absolute Gasteiger partial charge is 0.267 e. The van der Waals surface area contributed by atoms with Crippen molar-refractivity contribution < 1.29 is 21.7 Å². The average Bonchev–Trinajstić information content (AvgIpc) is 2.38. The van der Waals surface area contributed by atoms with E-state index in [1.165, 1.54) is 7.05 Å². The lowest BCUT2D eigenvalue weighted by Gasteiger charge is -2.22. The van der Waals surface area contributed by atoms with Gasteiger partial charge in [0.1, 0.15) is 0 Å². The molecule has 0 aromatic carbocycles. The lowest BCUT2D eigenvalue weighted by atomic mass is 10.2. The Kier molecular flexibility index (Phi) is 4.03. The van der Waals surface area contributed by atoms with Gasteiger partial charge in [-0.15, -0.1) is 3.89 Å². The van der Waals surface area contributed by atoms with Gasteiger partial charge < -0.3 is 10.2 Å². The van der Waals surface area contributed by atoms with E-state index in [0.717, 1.165) is 4.90 Å². The number of carbonyl (C=O) groups excluding carboxylic acids is 1. The molecule has 0 saturated carbocycles. The normalized spacial score (nSPS) is 26.8. The Hall–Kier alpha value is -0.830. The maximum absolute atomic E-state index is 13.1. The molecular weight excluding hydrogens is 259 g/mol. The summed E-state index contributed by atoms with van der Waals surface area (Å²) < 4.78 is 56.3. The van der Waals surface area contributed by atoms with Gasteiger partial charge in [-0.3, -0.25) is 4.79 Å². The first-order valence-electron chi connectivity index (χ1n) is 4.92. The maximum atomic E-state index is 13.1. The van der Waals surface area contributed by atoms with Crippen molar-refractivity contribution in [1.29, 1.82) is 4.78 Å². The fourth-order valence-electron chi connectivity index (χ4n) is 1.84. The van der Waals surface area contributed by atoms with E-state index in [1.807, 2.05) is 0 Å². The second kappa shape index (κ2) is 4.81. The fraction of sp³-hybridized carbons (Fsp3) is 0.875. The number of nitrogens with one attached hydrogen (secondary N) is 2. The van der Waals surface area contributed by atoms with E-state index in [2.05, 4.69) is 5.32 Å². The van der Waals surface area contributed by atoms with Gasteiger partial charge in [0.15, 0.2) is 0 Å². The van der Waals surface area contributed by atoms with Crippen LogP contribution in [0.2, 0.25) is 0 Å². The number of hydrogen-bond acceptors (Lipinski definition) is 4. The van der Waals surface area contributed by atoms with Crippen molar-refractivity contribution in [2.45, 2.75) is 18.4 Å². The number of alkyl halides is 2. The monoisotopic (exact) mass is 273 g/mol. The highest BCUT2D eigenvalue weighted by atomic mass is 32.3. The van der Waals surface area contributed by atoms with Gasteiger partial charge in [-0.2, -0.15) is 0 Å². The summed E-state index contributed by atoms with van der Waals surface area (Å²) in [5.74, 6) is -4.59. The standard InChI is InChI=1S/C8H14F3N3O2S/c1-13-3-7(15)14-5-8(9,10)2-6(14)4-17(11,12)16/h6,12-13H,2-5H2,1H3. The van der Waals surface area contributed by atoms with Crippen molar-refractivity contribution in [1.82, 2.24) is 10.2 Å². The van der Waals surface area contributed by atoms with Gasteiger partial charge in [-0.1, -0.05) is 0 Å². The zero-order valence-electron chi connectivity index (χ0n) is 9.21. The zero-order valence-corrected chi connectivity index (χ0v) is 10.0. The van der Waals surface area contributed by atoms with Crippen LogP contribution in [-0.2, 0) is 14.9 Å². The number of rotatable bonds is 4. The highest BCUT2D eigenvalue weighted by molar-refractivity contribution is 7.87. The average molecular weight is 273 g/mol. The summed E-state index contributed by atoms with van der Waals surface area (Å²) in [6.07, 6.45) is -0.748. The van der Waals surface area contributed by atoms with Crippen molar-refractivity contribution in [2.24, 2.45) is 0 Å². The van der Waals surface area contributed by atoms with Crippen LogP contribution in [0.4, 0.5) is 12.7 Å². The largest absolute Gasteiger partial charge is 0.331 e. The second-order valence-corrected chi connectivity index (χ2v) is 5.55. The van der Waals surface area contributed by atoms with Crippen LogP contribution >= 0.6 is 0 Å². The first-order valence-corrected chi connectivity index (χ1v) is 6.55. The molecule has 2 atom stereocenters. The molecule has 17 heavy (non-hydrogen) atoms. The summed E-state index contributed by atoms with van der Waals surface area (Å²) in [7, 11) is -2.91. The molecule has 0 spiro atoms. The van der Waals surface area contributed by atoms with Crippen LogP contribution in [0.1, 0.15) is 6.42 Å². The quantitative estimate of drug-likeness (QED) is 0.727. The van der Waals surface area contributed by atoms with E-state index in [1.54, 1.807) is 0 Å². The molecule has 1 rings (SSSR count). The molecule has 0 aromatic heterocycles. The summed E-state index contributed by atoms with van der Waals surface area (Å²) in [5, 5.41) is 2.51. The first kappa shape index (κ1) is 14.2. The number of hydrogen-bond donors (Lipinski definition) is 2. The Balaban J connectivity index is 2.81. The molecule has 1 aliphatic heterocycles. The van der Waals surface area contributed by atoms with E-state index >= 15 is 0 Å². The highest BCUT2D eigenvalue weighted by Gasteiger charge is 2.47. The number of nitrogens with zero attached hydrogens (tertiary/aromatic N) is 1. The predicted molar refractivity (Wildman–Crippen MR) is 55.8 cm³/mol. The minimum Gasteiger partial charge on any atom is -0.331 e. The predicted octanol–water partition coefficient (Wildman–Crippen LogP) is 0.373. The summed E-state index contributed by atoms with van der Waals surface area (Å²) in [5.41, 5.74) is 0. The number of amides is 1. The SMILES string of the molecule is CNCC(=O)N1CC(F)(F)CC1CS(=N)(=O)F. The lowest BCUT2D eigenvalue weighted by molar-refractivity contribution is -0.131. The molecule has 1 aliphatic rings. The minimum absolute atomic E-state index is 0.155. The number of likely N-dealkylation sites (tertiary alicyclic amines) is 1. The van der Waals surface area contributed by atoms with Crippen molar-refractivity contribution in [3.05, 3.63) is 0 Å². The van der Waals surface area contributed by atoms with Gasteiger partial charge in [0, 0.05) is 6.42 Å². The van der Waals surface area contributed by atoms with Gasteiger partial charge in [0.2, 0.25) is 16.0 Å². The van der Waals surface area contributed by atoms with E-state index < -0.39 is 46.7 Å². The molecule has 2 N–H and O–H groups in total. The van der Waals surface area contributed by atoms with Crippen molar-refractivity contribution >= 4 is 16.0 Å². The van der Waals surface area contributed by atoms with Crippen molar-refractivity contribution in [2.75, 3.05) is 25.9 Å². The Morgan fingerprint density at radius 3 is 2.71 bits per heavy atom. The molecule has 1 fully saturated rings. The summed E-state index contributed by atoms with van der Waals surface area (Å²) in [6.45, 7) is -0.967. The molecule has 0 radical (unpaired) electrons. The van der Waals surface area contributed by atoms with Crippen LogP contribution in [-0.4, -0.2) is 52.9 Å². The molecule has 0 aromatic rings. The van der Waals surface area contributed by atoms with Gasteiger partial charge in [0.25, 0.3) is 5.92 Å². The molecule has 0 aliphatic carbocycles. The van der Waals surface area contributed by atoms with E-state index in [4.69, 9.17) is 4.78 Å². The van der Waals surface area contributed by atoms with Crippen LogP contribution in [0.25, 0.3) is 0 Å². The molecule has 1 heterocycles. The molecule has 2 unspecified atom stereocenters. The second-order valence-electron chi connectivity index (χ2n) is 4.03. The molecule has 5 nitrogen and oxygen atoms in total. The third kappa shape index (κ3) is 4.15. The third-order valence-corrected chi connectivity index (χ3v) is 3.25. The Bertz CT molecular complexity index is 399.